The van der Waals surface area contributed by atoms with Crippen LogP contribution < -0.4 is 5.43 Å². The van der Waals surface area contributed by atoms with E-state index in [0.29, 0.717) is 23.6 Å². The van der Waals surface area contributed by atoms with Gasteiger partial charge in [-0.15, -0.1) is 0 Å². The summed E-state index contributed by atoms with van der Waals surface area (Å²) in [5.41, 5.74) is 5.27. The summed E-state index contributed by atoms with van der Waals surface area (Å²) < 4.78 is 1.79. The van der Waals surface area contributed by atoms with Gasteiger partial charge in [-0.3, -0.25) is 15.5 Å². The lowest BCUT2D eigenvalue weighted by Gasteiger charge is -2.04. The third-order valence-corrected chi connectivity index (χ3v) is 4.07. The van der Waals surface area contributed by atoms with Crippen LogP contribution in [-0.2, 0) is 6.54 Å². The lowest BCUT2D eigenvalue weighted by Crippen LogP contribution is -2.03. The van der Waals surface area contributed by atoms with E-state index in [4.69, 9.17) is 0 Å². The van der Waals surface area contributed by atoms with Gasteiger partial charge < -0.3 is 0 Å². The molecule has 0 fully saturated rings. The van der Waals surface area contributed by atoms with E-state index in [0.717, 1.165) is 10.9 Å². The maximum Gasteiger partial charge on any atom is 0.270 e. The molecule has 9 nitrogen and oxygen atoms in total. The molecule has 4 aromatic rings. The monoisotopic (exact) mass is 373 g/mol. The van der Waals surface area contributed by atoms with Crippen LogP contribution in [0.1, 0.15) is 11.1 Å². The van der Waals surface area contributed by atoms with Crippen LogP contribution in [0.25, 0.3) is 11.0 Å². The first-order chi connectivity index (χ1) is 13.7. The number of non-ortho nitro benzene ring substituents is 1. The zero-order chi connectivity index (χ0) is 19.3. The highest BCUT2D eigenvalue weighted by molar-refractivity contribution is 5.87. The maximum absolute atomic E-state index is 10.8. The van der Waals surface area contributed by atoms with E-state index < -0.39 is 4.92 Å². The van der Waals surface area contributed by atoms with Crippen LogP contribution in [0.4, 0.5) is 11.5 Å². The highest BCUT2D eigenvalue weighted by atomic mass is 16.6. The molecule has 2 aromatic carbocycles. The molecule has 0 bridgehead atoms. The predicted octanol–water partition coefficient (Wildman–Crippen LogP) is 3.23. The van der Waals surface area contributed by atoms with Gasteiger partial charge >= 0.3 is 0 Å². The molecule has 0 aliphatic heterocycles. The Kier molecular flexibility index (Phi) is 4.70. The fourth-order valence-corrected chi connectivity index (χ4v) is 2.74. The minimum absolute atomic E-state index is 0.00978. The molecule has 138 valence electrons. The first kappa shape index (κ1) is 17.3. The van der Waals surface area contributed by atoms with E-state index in [1.54, 1.807) is 23.0 Å². The Bertz CT molecular complexity index is 1160. The molecule has 0 saturated carbocycles. The van der Waals surface area contributed by atoms with Gasteiger partial charge in [-0.05, 0) is 5.56 Å². The molecule has 0 amide bonds. The average molecular weight is 373 g/mol. The van der Waals surface area contributed by atoms with Crippen molar-refractivity contribution >= 4 is 28.8 Å². The number of benzene rings is 2. The largest absolute Gasteiger partial charge is 0.270 e. The van der Waals surface area contributed by atoms with Gasteiger partial charge in [-0.25, -0.2) is 14.6 Å². The predicted molar refractivity (Wildman–Crippen MR) is 105 cm³/mol. The molecule has 4 rings (SSSR count). The van der Waals surface area contributed by atoms with Crippen LogP contribution in [0.15, 0.2) is 72.2 Å². The molecule has 2 heterocycles. The van der Waals surface area contributed by atoms with Crippen molar-refractivity contribution < 1.29 is 4.92 Å². The van der Waals surface area contributed by atoms with Gasteiger partial charge in [0.15, 0.2) is 11.5 Å². The first-order valence-electron chi connectivity index (χ1n) is 8.45. The molecule has 0 aliphatic rings. The summed E-state index contributed by atoms with van der Waals surface area (Å²) in [6.45, 7) is 0.595. The number of rotatable bonds is 6. The topological polar surface area (TPSA) is 111 Å². The number of nitrogens with one attached hydrogen (secondary N) is 1. The van der Waals surface area contributed by atoms with Crippen LogP contribution >= 0.6 is 0 Å². The molecule has 2 aromatic heterocycles. The Morgan fingerprint density at radius 2 is 2.00 bits per heavy atom. The third kappa shape index (κ3) is 3.68. The van der Waals surface area contributed by atoms with Crippen LogP contribution in [0, 0.1) is 10.1 Å². The molecule has 0 unspecified atom stereocenters. The van der Waals surface area contributed by atoms with Crippen molar-refractivity contribution in [2.24, 2.45) is 5.10 Å². The smallest absolute Gasteiger partial charge is 0.261 e. The lowest BCUT2D eigenvalue weighted by molar-refractivity contribution is -0.384. The minimum Gasteiger partial charge on any atom is -0.261 e. The second-order valence-corrected chi connectivity index (χ2v) is 5.97. The number of nitro groups is 1. The molecule has 0 spiro atoms. The number of hydrogen-bond donors (Lipinski definition) is 1. The summed E-state index contributed by atoms with van der Waals surface area (Å²) in [5, 5.41) is 20.1. The molecule has 0 aliphatic carbocycles. The summed E-state index contributed by atoms with van der Waals surface area (Å²) >= 11 is 0. The molecule has 28 heavy (non-hydrogen) atoms. The normalized spacial score (nSPS) is 11.1. The standard InChI is InChI=1S/C19H15N7O2/c27-26(28)16-8-4-7-15(9-16)10-22-24-18-17-11-23-25(19(17)21-13-20-18)12-14-5-2-1-3-6-14/h1-11,13H,12H2,(H,20,21,24). The fraction of sp³-hybridized carbons (Fsp3) is 0.0526. The summed E-state index contributed by atoms with van der Waals surface area (Å²) in [4.78, 5) is 18.9. The highest BCUT2D eigenvalue weighted by Crippen LogP contribution is 2.19. The van der Waals surface area contributed by atoms with Crippen molar-refractivity contribution in [3.8, 4) is 0 Å². The van der Waals surface area contributed by atoms with E-state index in [-0.39, 0.29) is 5.69 Å². The lowest BCUT2D eigenvalue weighted by atomic mass is 10.2. The van der Waals surface area contributed by atoms with Crippen molar-refractivity contribution in [2.75, 3.05) is 5.43 Å². The van der Waals surface area contributed by atoms with Gasteiger partial charge in [0.05, 0.1) is 29.3 Å². The SMILES string of the molecule is O=[N+]([O-])c1cccc(C=NNc2ncnc3c2cnn3Cc2ccccc2)c1. The van der Waals surface area contributed by atoms with E-state index in [2.05, 4.69) is 25.6 Å². The molecule has 0 saturated heterocycles. The Balaban J connectivity index is 1.55. The van der Waals surface area contributed by atoms with E-state index >= 15 is 0 Å². The highest BCUT2D eigenvalue weighted by Gasteiger charge is 2.10. The van der Waals surface area contributed by atoms with E-state index in [1.165, 1.54) is 24.7 Å². The Morgan fingerprint density at radius 3 is 2.82 bits per heavy atom. The van der Waals surface area contributed by atoms with Gasteiger partial charge in [-0.2, -0.15) is 10.2 Å². The van der Waals surface area contributed by atoms with Crippen LogP contribution in [0.3, 0.4) is 0 Å². The maximum atomic E-state index is 10.8. The minimum atomic E-state index is -0.445. The summed E-state index contributed by atoms with van der Waals surface area (Å²) in [6.07, 6.45) is 4.62. The quantitative estimate of drug-likeness (QED) is 0.315. The zero-order valence-electron chi connectivity index (χ0n) is 14.6. The first-order valence-corrected chi connectivity index (χ1v) is 8.45. The van der Waals surface area contributed by atoms with Gasteiger partial charge in [-0.1, -0.05) is 42.5 Å². The second kappa shape index (κ2) is 7.62. The molecular formula is C19H15N7O2. The summed E-state index contributed by atoms with van der Waals surface area (Å²) in [6, 6.07) is 16.2. The number of anilines is 1. The molecule has 0 radical (unpaired) electrons. The number of hydrogen-bond acceptors (Lipinski definition) is 7. The Labute approximate surface area is 159 Å². The van der Waals surface area contributed by atoms with Crippen molar-refractivity contribution in [1.82, 2.24) is 19.7 Å². The van der Waals surface area contributed by atoms with Crippen LogP contribution in [0.2, 0.25) is 0 Å². The van der Waals surface area contributed by atoms with Crippen molar-refractivity contribution in [1.29, 1.82) is 0 Å². The molecule has 9 heteroatoms. The zero-order valence-corrected chi connectivity index (χ0v) is 14.6. The fourth-order valence-electron chi connectivity index (χ4n) is 2.74. The number of nitro benzene ring substituents is 1. The van der Waals surface area contributed by atoms with E-state index in [9.17, 15) is 10.1 Å². The Morgan fingerprint density at radius 1 is 1.14 bits per heavy atom. The molecular weight excluding hydrogens is 358 g/mol. The third-order valence-electron chi connectivity index (χ3n) is 4.07. The number of nitrogens with zero attached hydrogens (tertiary/aromatic N) is 6. The Hall–Kier alpha value is -4.14. The van der Waals surface area contributed by atoms with Crippen molar-refractivity contribution in [3.05, 3.63) is 88.4 Å². The van der Waals surface area contributed by atoms with Gasteiger partial charge in [0.25, 0.3) is 5.69 Å². The van der Waals surface area contributed by atoms with Gasteiger partial charge in [0.2, 0.25) is 0 Å². The number of fused-ring (bicyclic) bond motifs is 1. The van der Waals surface area contributed by atoms with Crippen LogP contribution in [0.5, 0.6) is 0 Å². The van der Waals surface area contributed by atoms with Crippen molar-refractivity contribution in [2.45, 2.75) is 6.54 Å². The number of hydrazone groups is 1. The van der Waals surface area contributed by atoms with Crippen LogP contribution in [-0.4, -0.2) is 30.9 Å². The van der Waals surface area contributed by atoms with E-state index in [1.807, 2.05) is 30.3 Å². The average Bonchev–Trinajstić information content (AvgIpc) is 3.13. The van der Waals surface area contributed by atoms with Crippen molar-refractivity contribution in [3.63, 3.8) is 0 Å². The summed E-state index contributed by atoms with van der Waals surface area (Å²) in [7, 11) is 0. The van der Waals surface area contributed by atoms with Gasteiger partial charge in [0, 0.05) is 17.7 Å². The number of aromatic nitrogens is 4. The second-order valence-electron chi connectivity index (χ2n) is 5.97. The molecule has 1 N–H and O–H groups in total. The van der Waals surface area contributed by atoms with Gasteiger partial charge in [0.1, 0.15) is 6.33 Å². The summed E-state index contributed by atoms with van der Waals surface area (Å²) in [5.74, 6) is 0.506. The molecule has 0 atom stereocenters.